The third kappa shape index (κ3) is 5.54. The van der Waals surface area contributed by atoms with E-state index in [1.54, 1.807) is 0 Å². The van der Waals surface area contributed by atoms with Crippen LogP contribution in [0.2, 0.25) is 0 Å². The van der Waals surface area contributed by atoms with Crippen LogP contribution in [0.5, 0.6) is 0 Å². The number of carbonyl (C=O) groups excluding carboxylic acids is 1. The van der Waals surface area contributed by atoms with Crippen molar-refractivity contribution in [1.82, 2.24) is 5.32 Å². The van der Waals surface area contributed by atoms with Crippen LogP contribution in [0.1, 0.15) is 24.8 Å². The summed E-state index contributed by atoms with van der Waals surface area (Å²) in [6, 6.07) is 9.43. The van der Waals surface area contributed by atoms with Gasteiger partial charge in [0.1, 0.15) is 0 Å². The maximum atomic E-state index is 11.8. The smallest absolute Gasteiger partial charge is 0.226 e. The molecule has 5 nitrogen and oxygen atoms in total. The summed E-state index contributed by atoms with van der Waals surface area (Å²) in [7, 11) is 0. The summed E-state index contributed by atoms with van der Waals surface area (Å²) in [6.45, 7) is 2.45. The number of benzene rings is 1. The molecule has 1 aliphatic rings. The Bertz CT molecular complexity index is 487. The number of piperidine rings is 1. The van der Waals surface area contributed by atoms with E-state index in [0.717, 1.165) is 37.2 Å². The highest BCUT2D eigenvalue weighted by atomic mass is 16.5. The molecular formula is C16H21N3O2. The lowest BCUT2D eigenvalue weighted by molar-refractivity contribution is -0.117. The molecule has 0 unspecified atom stereocenters. The first-order valence-electron chi connectivity index (χ1n) is 7.36. The van der Waals surface area contributed by atoms with Gasteiger partial charge < -0.3 is 15.4 Å². The van der Waals surface area contributed by atoms with Crippen LogP contribution in [0.3, 0.4) is 0 Å². The Morgan fingerprint density at radius 1 is 1.33 bits per heavy atom. The lowest BCUT2D eigenvalue weighted by Gasteiger charge is -2.22. The minimum absolute atomic E-state index is 0.0445. The predicted octanol–water partition coefficient (Wildman–Crippen LogP) is 1.85. The summed E-state index contributed by atoms with van der Waals surface area (Å²) in [4.78, 5) is 11.8. The van der Waals surface area contributed by atoms with Crippen LogP contribution in [-0.2, 0) is 16.0 Å². The van der Waals surface area contributed by atoms with Gasteiger partial charge in [-0.3, -0.25) is 4.79 Å². The zero-order valence-electron chi connectivity index (χ0n) is 12.1. The molecule has 2 rings (SSSR count). The fourth-order valence-corrected chi connectivity index (χ4v) is 2.30. The number of rotatable bonds is 6. The number of hydrogen-bond acceptors (Lipinski definition) is 4. The van der Waals surface area contributed by atoms with Crippen molar-refractivity contribution in [2.75, 3.05) is 25.0 Å². The molecule has 0 aromatic heterocycles. The number of nitrogens with one attached hydrogen (secondary N) is 2. The summed E-state index contributed by atoms with van der Waals surface area (Å²) in [6.07, 6.45) is 3.07. The summed E-state index contributed by atoms with van der Waals surface area (Å²) < 4.78 is 5.71. The number of hydrogen-bond donors (Lipinski definition) is 2. The lowest BCUT2D eigenvalue weighted by Crippen LogP contribution is -2.33. The van der Waals surface area contributed by atoms with E-state index in [1.807, 2.05) is 24.3 Å². The van der Waals surface area contributed by atoms with Crippen molar-refractivity contribution in [1.29, 1.82) is 5.26 Å². The highest BCUT2D eigenvalue weighted by Crippen LogP contribution is 2.11. The molecule has 0 atom stereocenters. The predicted molar refractivity (Wildman–Crippen MR) is 80.8 cm³/mol. The van der Waals surface area contributed by atoms with Crippen LogP contribution in [0.4, 0.5) is 5.69 Å². The van der Waals surface area contributed by atoms with Gasteiger partial charge in [0.05, 0.1) is 31.6 Å². The molecule has 2 N–H and O–H groups in total. The van der Waals surface area contributed by atoms with E-state index in [0.29, 0.717) is 19.4 Å². The maximum absolute atomic E-state index is 11.8. The third-order valence-electron chi connectivity index (χ3n) is 3.49. The van der Waals surface area contributed by atoms with Crippen molar-refractivity contribution in [3.05, 3.63) is 29.8 Å². The summed E-state index contributed by atoms with van der Waals surface area (Å²) in [5, 5.41) is 14.7. The molecule has 1 fully saturated rings. The first-order chi connectivity index (χ1) is 10.3. The van der Waals surface area contributed by atoms with Crippen LogP contribution in [-0.4, -0.2) is 31.7 Å². The van der Waals surface area contributed by atoms with Gasteiger partial charge in [-0.05, 0) is 43.6 Å². The van der Waals surface area contributed by atoms with Gasteiger partial charge >= 0.3 is 0 Å². The molecule has 1 aromatic carbocycles. The first kappa shape index (κ1) is 15.5. The second-order valence-corrected chi connectivity index (χ2v) is 5.15. The van der Waals surface area contributed by atoms with Crippen molar-refractivity contribution in [2.45, 2.75) is 31.8 Å². The Labute approximate surface area is 125 Å². The van der Waals surface area contributed by atoms with Crippen molar-refractivity contribution < 1.29 is 9.53 Å². The van der Waals surface area contributed by atoms with E-state index in [1.165, 1.54) is 0 Å². The molecule has 1 aromatic rings. The van der Waals surface area contributed by atoms with Crippen molar-refractivity contribution in [3.63, 3.8) is 0 Å². The van der Waals surface area contributed by atoms with Crippen molar-refractivity contribution >= 4 is 11.6 Å². The molecule has 1 amide bonds. The topological polar surface area (TPSA) is 74.2 Å². The second kappa shape index (κ2) is 8.40. The fraction of sp³-hybridized carbons (Fsp3) is 0.500. The molecule has 21 heavy (non-hydrogen) atoms. The van der Waals surface area contributed by atoms with E-state index in [4.69, 9.17) is 10.00 Å². The van der Waals surface area contributed by atoms with Crippen LogP contribution < -0.4 is 10.6 Å². The van der Waals surface area contributed by atoms with Crippen LogP contribution in [0.25, 0.3) is 0 Å². The van der Waals surface area contributed by atoms with Crippen LogP contribution >= 0.6 is 0 Å². The molecular weight excluding hydrogens is 266 g/mol. The number of anilines is 1. The molecule has 1 aliphatic heterocycles. The molecule has 0 bridgehead atoms. The Morgan fingerprint density at radius 2 is 2.05 bits per heavy atom. The van der Waals surface area contributed by atoms with E-state index in [-0.39, 0.29) is 12.0 Å². The largest absolute Gasteiger partial charge is 0.378 e. The SMILES string of the molecule is N#CCc1ccc(NC(=O)CCOC2CCNCC2)cc1. The molecule has 0 aliphatic carbocycles. The van der Waals surface area contributed by atoms with E-state index in [2.05, 4.69) is 16.7 Å². The first-order valence-corrected chi connectivity index (χ1v) is 7.36. The zero-order chi connectivity index (χ0) is 14.9. The number of ether oxygens (including phenoxy) is 1. The lowest BCUT2D eigenvalue weighted by atomic mass is 10.1. The monoisotopic (exact) mass is 287 g/mol. The van der Waals surface area contributed by atoms with Gasteiger partial charge in [-0.25, -0.2) is 0 Å². The second-order valence-electron chi connectivity index (χ2n) is 5.15. The van der Waals surface area contributed by atoms with Gasteiger partial charge in [0, 0.05) is 5.69 Å². The molecule has 0 radical (unpaired) electrons. The quantitative estimate of drug-likeness (QED) is 0.837. The Balaban J connectivity index is 1.67. The summed E-state index contributed by atoms with van der Waals surface area (Å²) in [5.74, 6) is -0.0445. The van der Waals surface area contributed by atoms with Gasteiger partial charge in [0.2, 0.25) is 5.91 Å². The molecule has 112 valence electrons. The van der Waals surface area contributed by atoms with Crippen LogP contribution in [0, 0.1) is 11.3 Å². The number of nitriles is 1. The number of amides is 1. The van der Waals surface area contributed by atoms with Gasteiger partial charge in [-0.15, -0.1) is 0 Å². The van der Waals surface area contributed by atoms with Gasteiger partial charge in [0.25, 0.3) is 0 Å². The summed E-state index contributed by atoms with van der Waals surface area (Å²) >= 11 is 0. The number of nitrogens with zero attached hydrogens (tertiary/aromatic N) is 1. The standard InChI is InChI=1S/C16H21N3O2/c17-9-5-13-1-3-14(4-2-13)19-16(20)8-12-21-15-6-10-18-11-7-15/h1-4,15,18H,5-8,10-12H2,(H,19,20). The molecule has 0 saturated carbocycles. The minimum atomic E-state index is -0.0445. The van der Waals surface area contributed by atoms with Crippen LogP contribution in [0.15, 0.2) is 24.3 Å². The molecule has 0 spiro atoms. The van der Waals surface area contributed by atoms with Crippen molar-refractivity contribution in [3.8, 4) is 6.07 Å². The van der Waals surface area contributed by atoms with Gasteiger partial charge in [-0.1, -0.05) is 12.1 Å². The highest BCUT2D eigenvalue weighted by molar-refractivity contribution is 5.90. The third-order valence-corrected chi connectivity index (χ3v) is 3.49. The zero-order valence-corrected chi connectivity index (χ0v) is 12.1. The Morgan fingerprint density at radius 3 is 2.71 bits per heavy atom. The fourth-order valence-electron chi connectivity index (χ4n) is 2.30. The average Bonchev–Trinajstić information content (AvgIpc) is 2.51. The Kier molecular flexibility index (Phi) is 6.20. The molecule has 1 saturated heterocycles. The molecule has 1 heterocycles. The number of carbonyl (C=O) groups is 1. The average molecular weight is 287 g/mol. The van der Waals surface area contributed by atoms with Gasteiger partial charge in [-0.2, -0.15) is 5.26 Å². The summed E-state index contributed by atoms with van der Waals surface area (Å²) in [5.41, 5.74) is 1.70. The minimum Gasteiger partial charge on any atom is -0.378 e. The maximum Gasteiger partial charge on any atom is 0.226 e. The normalized spacial score (nSPS) is 15.4. The van der Waals surface area contributed by atoms with E-state index >= 15 is 0 Å². The molecule has 5 heteroatoms. The Hall–Kier alpha value is -1.90. The highest BCUT2D eigenvalue weighted by Gasteiger charge is 2.13. The van der Waals surface area contributed by atoms with E-state index in [9.17, 15) is 4.79 Å². The van der Waals surface area contributed by atoms with Gasteiger partial charge in [0.15, 0.2) is 0 Å². The van der Waals surface area contributed by atoms with E-state index < -0.39 is 0 Å². The van der Waals surface area contributed by atoms with Crippen molar-refractivity contribution in [2.24, 2.45) is 0 Å².